The quantitative estimate of drug-likeness (QED) is 0.301. The Balaban J connectivity index is 1.54. The summed E-state index contributed by atoms with van der Waals surface area (Å²) >= 11 is 0. The van der Waals surface area contributed by atoms with Crippen molar-refractivity contribution in [3.63, 3.8) is 0 Å². The highest BCUT2D eigenvalue weighted by molar-refractivity contribution is 5.94. The van der Waals surface area contributed by atoms with Crippen LogP contribution >= 0.6 is 0 Å². The summed E-state index contributed by atoms with van der Waals surface area (Å²) in [4.78, 5) is 31.0. The molecule has 2 aromatic heterocycles. The molecule has 10 heteroatoms. The predicted molar refractivity (Wildman–Crippen MR) is 144 cm³/mol. The Kier molecular flexibility index (Phi) is 7.74. The molecule has 0 saturated carbocycles. The van der Waals surface area contributed by atoms with Crippen LogP contribution in [0.5, 0.6) is 11.6 Å². The number of aromatic nitrogens is 2. The minimum atomic E-state index is -1.38. The smallest absolute Gasteiger partial charge is 0.341 e. The summed E-state index contributed by atoms with van der Waals surface area (Å²) in [6.07, 6.45) is 4.58. The maximum absolute atomic E-state index is 15.5. The molecule has 0 amide bonds. The molecule has 1 N–H and O–H groups in total. The van der Waals surface area contributed by atoms with Gasteiger partial charge in [0.1, 0.15) is 30.3 Å². The lowest BCUT2D eigenvalue weighted by Crippen LogP contribution is -2.35. The highest BCUT2D eigenvalue weighted by Gasteiger charge is 2.29. The number of nitrogens with zero attached hydrogens (tertiary/aromatic N) is 3. The molecule has 9 nitrogen and oxygen atoms in total. The van der Waals surface area contributed by atoms with Crippen LogP contribution in [0.15, 0.2) is 71.8 Å². The molecule has 3 heterocycles. The van der Waals surface area contributed by atoms with Crippen LogP contribution in [0.2, 0.25) is 0 Å². The number of pyridine rings is 2. The second-order valence-corrected chi connectivity index (χ2v) is 9.17. The van der Waals surface area contributed by atoms with Gasteiger partial charge in [-0.25, -0.2) is 14.2 Å². The Bertz CT molecular complexity index is 1520. The number of benzene rings is 2. The summed E-state index contributed by atoms with van der Waals surface area (Å²) in [6, 6.07) is 15.0. The molecule has 5 rings (SSSR count). The number of hydrogen-bond acceptors (Lipinski definition) is 7. The maximum atomic E-state index is 15.5. The van der Waals surface area contributed by atoms with Gasteiger partial charge in [0.25, 0.3) is 0 Å². The van der Waals surface area contributed by atoms with Crippen molar-refractivity contribution in [2.24, 2.45) is 0 Å². The maximum Gasteiger partial charge on any atom is 0.341 e. The fourth-order valence-electron chi connectivity index (χ4n) is 4.81. The highest BCUT2D eigenvalue weighted by Crippen LogP contribution is 2.32. The number of methoxy groups -OCH3 is 1. The molecule has 0 spiro atoms. The Labute approximate surface area is 224 Å². The lowest BCUT2D eigenvalue weighted by Gasteiger charge is -2.27. The number of anilines is 1. The van der Waals surface area contributed by atoms with Crippen molar-refractivity contribution in [2.75, 3.05) is 38.4 Å². The summed E-state index contributed by atoms with van der Waals surface area (Å²) in [5, 5.41) is 9.66. The van der Waals surface area contributed by atoms with Gasteiger partial charge >= 0.3 is 5.97 Å². The van der Waals surface area contributed by atoms with Crippen molar-refractivity contribution in [2.45, 2.75) is 18.9 Å². The van der Waals surface area contributed by atoms with Gasteiger partial charge < -0.3 is 28.8 Å². The largest absolute Gasteiger partial charge is 0.491 e. The van der Waals surface area contributed by atoms with Gasteiger partial charge in [-0.15, -0.1) is 0 Å². The molecule has 2 aromatic carbocycles. The topological polar surface area (TPSA) is 103 Å². The second-order valence-electron chi connectivity index (χ2n) is 9.17. The summed E-state index contributed by atoms with van der Waals surface area (Å²) in [5.74, 6) is -0.876. The SMILES string of the molecule is COCCOc1ccc(-n2cc(C(=O)O)c(=O)c3cc(F)c(N4CCC[C@@H]4COc4ccccn4)cc32)cc1. The van der Waals surface area contributed by atoms with Gasteiger partial charge in [-0.1, -0.05) is 6.07 Å². The third kappa shape index (κ3) is 5.56. The third-order valence-corrected chi connectivity index (χ3v) is 6.72. The zero-order valence-electron chi connectivity index (χ0n) is 21.4. The van der Waals surface area contributed by atoms with Crippen molar-refractivity contribution in [1.82, 2.24) is 9.55 Å². The number of hydrogen-bond donors (Lipinski definition) is 1. The average Bonchev–Trinajstić information content (AvgIpc) is 3.41. The standard InChI is InChI=1S/C29H28FN3O6/c1-37-13-14-38-21-9-7-19(8-10-21)33-17-23(29(35)36)28(34)22-15-24(30)26(16-25(22)33)32-12-4-5-20(32)18-39-27-6-2-3-11-31-27/h2-3,6-11,15-17,20H,4-5,12-14,18H2,1H3,(H,35,36)/t20-/m1/s1. The van der Waals surface area contributed by atoms with E-state index in [0.717, 1.165) is 18.9 Å². The summed E-state index contributed by atoms with van der Waals surface area (Å²) < 4.78 is 33.6. The number of ether oxygens (including phenoxy) is 3. The molecule has 4 aromatic rings. The molecule has 0 bridgehead atoms. The number of aromatic carboxylic acids is 1. The fraction of sp³-hybridized carbons (Fsp3) is 0.276. The molecule has 39 heavy (non-hydrogen) atoms. The Morgan fingerprint density at radius 1 is 1.13 bits per heavy atom. The normalized spacial score (nSPS) is 15.0. The number of carboxylic acid groups (broad SMARTS) is 1. The van der Waals surface area contributed by atoms with Crippen LogP contribution in [-0.2, 0) is 4.74 Å². The monoisotopic (exact) mass is 533 g/mol. The van der Waals surface area contributed by atoms with Crippen LogP contribution in [0.25, 0.3) is 16.6 Å². The van der Waals surface area contributed by atoms with Crippen LogP contribution in [0.3, 0.4) is 0 Å². The van der Waals surface area contributed by atoms with Crippen LogP contribution in [-0.4, -0.2) is 60.1 Å². The van der Waals surface area contributed by atoms with E-state index in [9.17, 15) is 14.7 Å². The van der Waals surface area contributed by atoms with E-state index in [-0.39, 0.29) is 11.4 Å². The van der Waals surface area contributed by atoms with Crippen LogP contribution in [0.1, 0.15) is 23.2 Å². The van der Waals surface area contributed by atoms with Gasteiger partial charge in [0.05, 0.1) is 23.9 Å². The van der Waals surface area contributed by atoms with E-state index in [2.05, 4.69) is 4.98 Å². The van der Waals surface area contributed by atoms with Gasteiger partial charge in [0.15, 0.2) is 0 Å². The van der Waals surface area contributed by atoms with Crippen LogP contribution < -0.4 is 19.8 Å². The van der Waals surface area contributed by atoms with Gasteiger partial charge in [-0.3, -0.25) is 4.79 Å². The molecule has 1 aliphatic heterocycles. The third-order valence-electron chi connectivity index (χ3n) is 6.72. The van der Waals surface area contributed by atoms with E-state index in [4.69, 9.17) is 14.2 Å². The molecule has 1 atom stereocenters. The van der Waals surface area contributed by atoms with Crippen molar-refractivity contribution in [3.05, 3.63) is 88.6 Å². The van der Waals surface area contributed by atoms with Crippen molar-refractivity contribution in [3.8, 4) is 17.3 Å². The molecule has 1 fully saturated rings. The first-order valence-corrected chi connectivity index (χ1v) is 12.6. The molecular weight excluding hydrogens is 505 g/mol. The van der Waals surface area contributed by atoms with E-state index >= 15 is 4.39 Å². The Morgan fingerprint density at radius 2 is 1.95 bits per heavy atom. The van der Waals surface area contributed by atoms with Crippen molar-refractivity contribution in [1.29, 1.82) is 0 Å². The first-order chi connectivity index (χ1) is 19.0. The van der Waals surface area contributed by atoms with E-state index in [0.29, 0.717) is 54.9 Å². The molecule has 1 saturated heterocycles. The zero-order valence-corrected chi connectivity index (χ0v) is 21.4. The minimum absolute atomic E-state index is 0.0166. The molecule has 0 radical (unpaired) electrons. The number of carbonyl (C=O) groups is 1. The molecule has 202 valence electrons. The van der Waals surface area contributed by atoms with E-state index in [1.54, 1.807) is 60.3 Å². The van der Waals surface area contributed by atoms with Crippen LogP contribution in [0.4, 0.5) is 10.1 Å². The summed E-state index contributed by atoms with van der Waals surface area (Å²) in [7, 11) is 1.59. The number of halogens is 1. The predicted octanol–water partition coefficient (Wildman–Crippen LogP) is 4.30. The Hall–Kier alpha value is -4.44. The fourth-order valence-corrected chi connectivity index (χ4v) is 4.81. The molecule has 0 aliphatic carbocycles. The number of rotatable bonds is 10. The number of carboxylic acids is 1. The molecule has 1 aliphatic rings. The Morgan fingerprint density at radius 3 is 2.67 bits per heavy atom. The van der Waals surface area contributed by atoms with Crippen molar-refractivity contribution >= 4 is 22.6 Å². The first-order valence-electron chi connectivity index (χ1n) is 12.6. The van der Waals surface area contributed by atoms with Crippen molar-refractivity contribution < 1.29 is 28.5 Å². The summed E-state index contributed by atoms with van der Waals surface area (Å²) in [6.45, 7) is 1.75. The van der Waals surface area contributed by atoms with Gasteiger partial charge in [-0.05, 0) is 55.3 Å². The first kappa shape index (κ1) is 26.2. The van der Waals surface area contributed by atoms with E-state index in [1.807, 2.05) is 11.0 Å². The molecule has 0 unspecified atom stereocenters. The average molecular weight is 534 g/mol. The number of fused-ring (bicyclic) bond motifs is 1. The van der Waals surface area contributed by atoms with E-state index in [1.165, 1.54) is 6.20 Å². The van der Waals surface area contributed by atoms with Gasteiger partial charge in [-0.2, -0.15) is 0 Å². The zero-order chi connectivity index (χ0) is 27.4. The van der Waals surface area contributed by atoms with E-state index < -0.39 is 22.8 Å². The van der Waals surface area contributed by atoms with Gasteiger partial charge in [0, 0.05) is 43.2 Å². The minimum Gasteiger partial charge on any atom is -0.491 e. The summed E-state index contributed by atoms with van der Waals surface area (Å²) in [5.41, 5.74) is 0.125. The van der Waals surface area contributed by atoms with Gasteiger partial charge in [0.2, 0.25) is 11.3 Å². The lowest BCUT2D eigenvalue weighted by atomic mass is 10.1. The van der Waals surface area contributed by atoms with Crippen LogP contribution in [0, 0.1) is 5.82 Å². The highest BCUT2D eigenvalue weighted by atomic mass is 19.1. The second kappa shape index (κ2) is 11.5. The lowest BCUT2D eigenvalue weighted by molar-refractivity contribution is 0.0695. The molecular formula is C29H28FN3O6.